The molecule has 5 atom stereocenters. The Morgan fingerprint density at radius 3 is 2.27 bits per heavy atom. The van der Waals surface area contributed by atoms with Gasteiger partial charge in [0.15, 0.2) is 5.82 Å². The van der Waals surface area contributed by atoms with E-state index in [9.17, 15) is 29.4 Å². The van der Waals surface area contributed by atoms with E-state index in [-0.39, 0.29) is 92.4 Å². The summed E-state index contributed by atoms with van der Waals surface area (Å²) in [5, 5.41) is 36.1. The highest BCUT2D eigenvalue weighted by molar-refractivity contribution is 7.13. The Bertz CT molecular complexity index is 3560. The predicted molar refractivity (Wildman–Crippen MR) is 342 cm³/mol. The second kappa shape index (κ2) is 29.2. The molecule has 0 spiro atoms. The summed E-state index contributed by atoms with van der Waals surface area (Å²) < 4.78 is 39.8. The number of rotatable bonds is 28. The van der Waals surface area contributed by atoms with Gasteiger partial charge in [-0.2, -0.15) is 4.98 Å². The van der Waals surface area contributed by atoms with Gasteiger partial charge in [-0.25, -0.2) is 14.4 Å². The highest BCUT2D eigenvalue weighted by Crippen LogP contribution is 2.40. The highest BCUT2D eigenvalue weighted by atomic mass is 32.1. The number of benzene rings is 3. The maximum absolute atomic E-state index is 17.1. The van der Waals surface area contributed by atoms with Gasteiger partial charge < -0.3 is 70.0 Å². The summed E-state index contributed by atoms with van der Waals surface area (Å²) in [7, 11) is 1.75. The van der Waals surface area contributed by atoms with Crippen molar-refractivity contribution in [3.63, 3.8) is 0 Å². The molecule has 4 saturated heterocycles. The minimum Gasteiger partial charge on any atom is -0.508 e. The van der Waals surface area contributed by atoms with Gasteiger partial charge >= 0.3 is 0 Å². The summed E-state index contributed by atoms with van der Waals surface area (Å²) in [5.74, 6) is 1.87. The number of hydrogen-bond acceptors (Lipinski definition) is 19. The first-order chi connectivity index (χ1) is 43.2. The van der Waals surface area contributed by atoms with Crippen molar-refractivity contribution in [2.24, 2.45) is 5.41 Å². The quantitative estimate of drug-likeness (QED) is 0.0268. The number of carbonyl (C=O) groups excluding carboxylic acids is 4. The van der Waals surface area contributed by atoms with Crippen molar-refractivity contribution >= 4 is 68.4 Å². The summed E-state index contributed by atoms with van der Waals surface area (Å²) in [6.45, 7) is 15.5. The van der Waals surface area contributed by atoms with Crippen molar-refractivity contribution in [2.75, 3.05) is 116 Å². The summed E-state index contributed by atoms with van der Waals surface area (Å²) in [6, 6.07) is 15.1. The van der Waals surface area contributed by atoms with Gasteiger partial charge in [-0.3, -0.25) is 24.2 Å². The summed E-state index contributed by atoms with van der Waals surface area (Å²) in [6.07, 6.45) is 9.16. The van der Waals surface area contributed by atoms with Crippen molar-refractivity contribution in [3.8, 4) is 39.8 Å². The molecule has 7 heterocycles. The third-order valence-corrected chi connectivity index (χ3v) is 18.1. The fraction of sp³-hybridized carbons (Fsp3) is 0.515. The minimum atomic E-state index is -0.949. The fourth-order valence-corrected chi connectivity index (χ4v) is 13.1. The third kappa shape index (κ3) is 15.8. The maximum atomic E-state index is 17.1. The van der Waals surface area contributed by atoms with E-state index in [2.05, 4.69) is 49.0 Å². The number of thiazole rings is 1. The molecule has 6 aromatic rings. The molecule has 0 saturated carbocycles. The maximum Gasteiger partial charge on any atom is 0.246 e. The number of piperazine rings is 1. The number of halogens is 1. The lowest BCUT2D eigenvalue weighted by Crippen LogP contribution is -2.68. The van der Waals surface area contributed by atoms with Crippen LogP contribution >= 0.6 is 11.3 Å². The lowest BCUT2D eigenvalue weighted by atomic mass is 9.85. The zero-order valence-electron chi connectivity index (χ0n) is 52.2. The van der Waals surface area contributed by atoms with Gasteiger partial charge in [0.1, 0.15) is 34.9 Å². The van der Waals surface area contributed by atoms with E-state index in [1.807, 2.05) is 68.4 Å². The number of aliphatic hydroxyl groups excluding tert-OH is 1. The number of likely N-dealkylation sites (N-methyl/N-ethyl adjacent to an activating group) is 1. The first-order valence-corrected chi connectivity index (χ1v) is 31.8. The van der Waals surface area contributed by atoms with Crippen LogP contribution in [0, 0.1) is 30.5 Å². The van der Waals surface area contributed by atoms with Crippen LogP contribution in [0.15, 0.2) is 66.3 Å². The zero-order valence-corrected chi connectivity index (χ0v) is 53.0. The second-order valence-electron chi connectivity index (χ2n) is 25.2. The number of nitrogens with one attached hydrogen (secondary N) is 4. The first kappa shape index (κ1) is 65.5. The molecule has 4 fully saturated rings. The number of aliphatic hydroxyl groups is 1. The van der Waals surface area contributed by atoms with E-state index in [0.717, 1.165) is 47.6 Å². The van der Waals surface area contributed by atoms with E-state index in [1.165, 1.54) is 11.0 Å². The van der Waals surface area contributed by atoms with Crippen LogP contribution < -0.4 is 31.1 Å². The molecule has 0 radical (unpaired) electrons. The molecule has 24 heteroatoms. The molecule has 90 heavy (non-hydrogen) atoms. The molecular weight excluding hydrogens is 1170 g/mol. The lowest BCUT2D eigenvalue weighted by Gasteiger charge is -2.49. The second-order valence-corrected chi connectivity index (χ2v) is 26.0. The topological polar surface area (TPSA) is 258 Å². The Morgan fingerprint density at radius 2 is 1.60 bits per heavy atom. The number of hydrogen-bond donors (Lipinski definition) is 6. The molecule has 6 N–H and O–H groups in total. The molecule has 0 aliphatic carbocycles. The number of β-amino-alcohol motifs (C(OH)–C–C–N with tert-alkyl or cyclic N) is 1. The van der Waals surface area contributed by atoms with Gasteiger partial charge in [0, 0.05) is 113 Å². The monoisotopic (exact) mass is 1250 g/mol. The Kier molecular flexibility index (Phi) is 21.3. The number of pyridine rings is 1. The number of phenolic OH excluding ortho intramolecular Hbond substituents is 1. The molecule has 22 nitrogen and oxygen atoms in total. The van der Waals surface area contributed by atoms with Crippen LogP contribution in [0.2, 0.25) is 0 Å². The number of aromatic nitrogens is 4. The Balaban J connectivity index is 0.584. The number of carbonyl (C=O) groups is 4. The number of nitrogens with zero attached hydrogens (tertiary/aromatic N) is 8. The number of aryl methyl sites for hydroxylation is 1. The zero-order chi connectivity index (χ0) is 63.7. The van der Waals surface area contributed by atoms with Crippen LogP contribution in [0.1, 0.15) is 76.6 Å². The number of anilines is 2. The normalized spacial score (nSPS) is 19.0. The van der Waals surface area contributed by atoms with E-state index >= 15 is 4.39 Å². The van der Waals surface area contributed by atoms with Gasteiger partial charge in [-0.05, 0) is 66.8 Å². The van der Waals surface area contributed by atoms with Crippen LogP contribution in [-0.2, 0) is 44.7 Å². The van der Waals surface area contributed by atoms with Gasteiger partial charge in [-0.1, -0.05) is 63.1 Å². The number of phenols is 1. The van der Waals surface area contributed by atoms with Gasteiger partial charge in [0.2, 0.25) is 29.6 Å². The number of ether oxygens (including phenoxy) is 4. The van der Waals surface area contributed by atoms with Gasteiger partial charge in [0.05, 0.1) is 86.0 Å². The summed E-state index contributed by atoms with van der Waals surface area (Å²) >= 11 is 1.57. The molecule has 2 unspecified atom stereocenters. The Morgan fingerprint density at radius 1 is 0.911 bits per heavy atom. The largest absolute Gasteiger partial charge is 0.508 e. The SMILES string of the molecule is C#Cc1cccc2cc(O)cc(-c3ncc4c(N5CC6CCC(C5)N6)nc(N5CC(C)(NCCC(=O)N(C)CCOCCOCCOCCOCCC(=O)N[C@H](C(=O)N6C[C@H](O)C[C@H]6C(=O)NCc6ccc(-c7scnc7C)cc6)C(C)(C)C)C5)nc4c3F)c12. The molecule has 480 valence electrons. The highest BCUT2D eigenvalue weighted by Gasteiger charge is 2.45. The van der Waals surface area contributed by atoms with Crippen molar-refractivity contribution in [1.82, 2.24) is 51.0 Å². The smallest absolute Gasteiger partial charge is 0.246 e. The van der Waals surface area contributed by atoms with Crippen LogP contribution in [-0.4, -0.2) is 205 Å². The van der Waals surface area contributed by atoms with Crippen molar-refractivity contribution < 1.29 is 52.7 Å². The molecule has 4 amide bonds. The predicted octanol–water partition coefficient (Wildman–Crippen LogP) is 5.33. The fourth-order valence-electron chi connectivity index (χ4n) is 12.3. The van der Waals surface area contributed by atoms with Crippen molar-refractivity contribution in [1.29, 1.82) is 0 Å². The van der Waals surface area contributed by atoms with Gasteiger partial charge in [0.25, 0.3) is 0 Å². The average Bonchev–Trinajstić information content (AvgIpc) is 0.781. The third-order valence-electron chi connectivity index (χ3n) is 17.1. The number of likely N-dealkylation sites (tertiary alicyclic amines) is 1. The van der Waals surface area contributed by atoms with E-state index in [1.54, 1.807) is 47.7 Å². The van der Waals surface area contributed by atoms with Crippen LogP contribution in [0.5, 0.6) is 5.75 Å². The Hall–Kier alpha value is -7.47. The van der Waals surface area contributed by atoms with Crippen LogP contribution in [0.3, 0.4) is 0 Å². The number of fused-ring (bicyclic) bond motifs is 4. The minimum absolute atomic E-state index is 0.00659. The van der Waals surface area contributed by atoms with Gasteiger partial charge in [-0.15, -0.1) is 17.8 Å². The summed E-state index contributed by atoms with van der Waals surface area (Å²) in [5.41, 5.74) is 4.77. The van der Waals surface area contributed by atoms with Crippen LogP contribution in [0.25, 0.3) is 43.4 Å². The first-order valence-electron chi connectivity index (χ1n) is 31.0. The molecule has 3 aromatic carbocycles. The van der Waals surface area contributed by atoms with Crippen LogP contribution in [0.4, 0.5) is 16.2 Å². The molecule has 3 aromatic heterocycles. The molecule has 4 aliphatic rings. The number of aromatic hydroxyl groups is 1. The standard InChI is InChI=1S/C66H83FN12O10S/c1-8-43-10-9-11-45-30-48(80)31-50(55(43)45)57-56(67)58-51(34-68-57)61(77-35-46-16-17-47(36-77)72-46)75-64(74-58)78-38-66(6,39-78)71-20-18-54(83)76(7)21-23-87-25-27-89-29-28-88-26-24-86-22-19-53(82)73-60(65(3,4)5)63(85)79-37-49(81)32-52(79)62(84)69-33-42-12-14-44(15-13-42)59-41(2)70-40-90-59/h1,9-15,30-31,34,40,46-47,49,52,60,71-72,80-81H,16-29,32-33,35-39H2,2-7H3,(H,69,84)(H,73,82)/t46?,47?,49-,52+,60-/m1/s1. The number of terminal acetylenes is 1. The number of amides is 4. The molecular formula is C66H83FN12O10S. The van der Waals surface area contributed by atoms with Crippen molar-refractivity contribution in [2.45, 2.75) is 109 Å². The lowest BCUT2D eigenvalue weighted by molar-refractivity contribution is -0.144. The van der Waals surface area contributed by atoms with E-state index in [0.29, 0.717) is 110 Å². The molecule has 10 rings (SSSR count). The average molecular weight is 1260 g/mol. The molecule has 2 bridgehead atoms. The molecule has 4 aliphatic heterocycles. The van der Waals surface area contributed by atoms with E-state index in [4.69, 9.17) is 35.3 Å². The Labute approximate surface area is 528 Å². The summed E-state index contributed by atoms with van der Waals surface area (Å²) in [4.78, 5) is 81.0. The van der Waals surface area contributed by atoms with E-state index < -0.39 is 35.3 Å². The van der Waals surface area contributed by atoms with Crippen molar-refractivity contribution in [3.05, 3.63) is 88.9 Å².